The zero-order valence-corrected chi connectivity index (χ0v) is 12.5. The van der Waals surface area contributed by atoms with Gasteiger partial charge in [0.2, 0.25) is 0 Å². The molecule has 1 aromatic carbocycles. The Kier molecular flexibility index (Phi) is 3.40. The Morgan fingerprint density at radius 2 is 2.11 bits per heavy atom. The van der Waals surface area contributed by atoms with Crippen molar-refractivity contribution in [1.82, 2.24) is 4.98 Å². The van der Waals surface area contributed by atoms with Gasteiger partial charge in [0, 0.05) is 28.7 Å². The van der Waals surface area contributed by atoms with Gasteiger partial charge in [-0.15, -0.1) is 11.3 Å². The van der Waals surface area contributed by atoms with E-state index in [0.29, 0.717) is 0 Å². The van der Waals surface area contributed by atoms with Crippen molar-refractivity contribution in [1.29, 1.82) is 0 Å². The van der Waals surface area contributed by atoms with Gasteiger partial charge in [0.05, 0.1) is 15.0 Å². The first-order valence-corrected chi connectivity index (χ1v) is 7.46. The molecule has 3 rings (SSSR count). The highest BCUT2D eigenvalue weighted by Gasteiger charge is 2.05. The summed E-state index contributed by atoms with van der Waals surface area (Å²) in [6.45, 7) is 0.784. The van der Waals surface area contributed by atoms with Crippen LogP contribution in [0.15, 0.2) is 46.4 Å². The predicted molar refractivity (Wildman–Crippen MR) is 85.5 cm³/mol. The van der Waals surface area contributed by atoms with Crippen molar-refractivity contribution in [3.63, 3.8) is 0 Å². The summed E-state index contributed by atoms with van der Waals surface area (Å²) < 4.78 is 1.14. The zero-order valence-electron chi connectivity index (χ0n) is 10.1. The number of nitrogens with two attached hydrogens (primary N) is 1. The van der Waals surface area contributed by atoms with E-state index < -0.39 is 0 Å². The van der Waals surface area contributed by atoms with E-state index in [1.807, 2.05) is 24.3 Å². The standard InChI is InChI=1S/C14H12BrN3S/c15-13-6-3-9(19-13)8-18-12-5-4-11(16)10-2-1-7-17-14(10)12/h1-7,18H,8,16H2. The number of thiophene rings is 1. The second-order valence-electron chi connectivity index (χ2n) is 4.16. The maximum atomic E-state index is 5.96. The summed E-state index contributed by atoms with van der Waals surface area (Å²) >= 11 is 5.19. The molecule has 5 heteroatoms. The van der Waals surface area contributed by atoms with Gasteiger partial charge < -0.3 is 11.1 Å². The molecule has 0 saturated heterocycles. The van der Waals surface area contributed by atoms with Crippen LogP contribution in [-0.2, 0) is 6.54 Å². The molecule has 2 aromatic heterocycles. The third-order valence-electron chi connectivity index (χ3n) is 2.89. The number of fused-ring (bicyclic) bond motifs is 1. The van der Waals surface area contributed by atoms with Crippen molar-refractivity contribution in [3.05, 3.63) is 51.3 Å². The average Bonchev–Trinajstić information content (AvgIpc) is 2.84. The van der Waals surface area contributed by atoms with Crippen LogP contribution < -0.4 is 11.1 Å². The molecule has 0 fully saturated rings. The maximum absolute atomic E-state index is 5.96. The number of aromatic nitrogens is 1. The van der Waals surface area contributed by atoms with Crippen LogP contribution in [0.5, 0.6) is 0 Å². The van der Waals surface area contributed by atoms with Crippen molar-refractivity contribution in [3.8, 4) is 0 Å². The van der Waals surface area contributed by atoms with Gasteiger partial charge in [0.15, 0.2) is 0 Å². The molecule has 0 aliphatic rings. The Hall–Kier alpha value is -1.59. The largest absolute Gasteiger partial charge is 0.398 e. The smallest absolute Gasteiger partial charge is 0.0953 e. The lowest BCUT2D eigenvalue weighted by atomic mass is 10.1. The van der Waals surface area contributed by atoms with Gasteiger partial charge in [0.25, 0.3) is 0 Å². The van der Waals surface area contributed by atoms with E-state index in [4.69, 9.17) is 5.73 Å². The van der Waals surface area contributed by atoms with Crippen LogP contribution in [0, 0.1) is 0 Å². The number of pyridine rings is 1. The molecule has 2 heterocycles. The highest BCUT2D eigenvalue weighted by atomic mass is 79.9. The van der Waals surface area contributed by atoms with Gasteiger partial charge in [-0.2, -0.15) is 0 Å². The average molecular weight is 334 g/mol. The summed E-state index contributed by atoms with van der Waals surface area (Å²) in [4.78, 5) is 5.68. The minimum atomic E-state index is 0.757. The second kappa shape index (κ2) is 5.19. The van der Waals surface area contributed by atoms with Crippen LogP contribution in [0.2, 0.25) is 0 Å². The first-order valence-electron chi connectivity index (χ1n) is 5.85. The van der Waals surface area contributed by atoms with Crippen LogP contribution in [0.3, 0.4) is 0 Å². The molecule has 0 saturated carbocycles. The van der Waals surface area contributed by atoms with Gasteiger partial charge >= 0.3 is 0 Å². The lowest BCUT2D eigenvalue weighted by Crippen LogP contribution is -2.00. The Morgan fingerprint density at radius 3 is 2.89 bits per heavy atom. The number of hydrogen-bond donors (Lipinski definition) is 2. The topological polar surface area (TPSA) is 50.9 Å². The fourth-order valence-electron chi connectivity index (χ4n) is 1.97. The molecule has 3 N–H and O–H groups in total. The number of nitrogen functional groups attached to an aromatic ring is 1. The van der Waals surface area contributed by atoms with Gasteiger partial charge in [0.1, 0.15) is 0 Å². The molecule has 96 valence electrons. The van der Waals surface area contributed by atoms with Crippen LogP contribution in [0.4, 0.5) is 11.4 Å². The Bertz CT molecular complexity index is 724. The molecule has 3 aromatic rings. The summed E-state index contributed by atoms with van der Waals surface area (Å²) in [7, 11) is 0. The van der Waals surface area contributed by atoms with Crippen LogP contribution in [-0.4, -0.2) is 4.98 Å². The fourth-order valence-corrected chi connectivity index (χ4v) is 3.39. The molecule has 0 amide bonds. The Morgan fingerprint density at radius 1 is 1.21 bits per heavy atom. The highest BCUT2D eigenvalue weighted by molar-refractivity contribution is 9.11. The van der Waals surface area contributed by atoms with Gasteiger partial charge in [-0.1, -0.05) is 0 Å². The maximum Gasteiger partial charge on any atom is 0.0953 e. The minimum absolute atomic E-state index is 0.757. The van der Waals surface area contributed by atoms with Crippen LogP contribution >= 0.6 is 27.3 Å². The Balaban J connectivity index is 1.91. The SMILES string of the molecule is Nc1ccc(NCc2ccc(Br)s2)c2ncccc12. The van der Waals surface area contributed by atoms with Gasteiger partial charge in [-0.05, 0) is 52.3 Å². The number of benzene rings is 1. The molecule has 3 nitrogen and oxygen atoms in total. The number of rotatable bonds is 3. The normalized spacial score (nSPS) is 10.8. The summed E-state index contributed by atoms with van der Waals surface area (Å²) in [5, 5.41) is 4.40. The Labute approximate surface area is 123 Å². The number of hydrogen-bond acceptors (Lipinski definition) is 4. The zero-order chi connectivity index (χ0) is 13.2. The molecular formula is C14H12BrN3S. The van der Waals surface area contributed by atoms with Crippen molar-refractivity contribution in [2.45, 2.75) is 6.54 Å². The molecule has 0 bridgehead atoms. The molecule has 0 radical (unpaired) electrons. The van der Waals surface area contributed by atoms with Crippen molar-refractivity contribution < 1.29 is 0 Å². The third-order valence-corrected chi connectivity index (χ3v) is 4.51. The number of halogens is 1. The number of anilines is 2. The first kappa shape index (κ1) is 12.4. The highest BCUT2D eigenvalue weighted by Crippen LogP contribution is 2.28. The lowest BCUT2D eigenvalue weighted by Gasteiger charge is -2.09. The summed E-state index contributed by atoms with van der Waals surface area (Å²) in [6, 6.07) is 11.9. The van der Waals surface area contributed by atoms with E-state index in [1.54, 1.807) is 17.5 Å². The van der Waals surface area contributed by atoms with E-state index >= 15 is 0 Å². The number of nitrogens with one attached hydrogen (secondary N) is 1. The van der Waals surface area contributed by atoms with Crippen molar-refractivity contribution in [2.24, 2.45) is 0 Å². The minimum Gasteiger partial charge on any atom is -0.398 e. The fraction of sp³-hybridized carbons (Fsp3) is 0.0714. The van der Waals surface area contributed by atoms with E-state index in [2.05, 4.69) is 38.4 Å². The number of nitrogens with zero attached hydrogens (tertiary/aromatic N) is 1. The molecule has 19 heavy (non-hydrogen) atoms. The van der Waals surface area contributed by atoms with Gasteiger partial charge in [-0.25, -0.2) is 0 Å². The quantitative estimate of drug-likeness (QED) is 0.704. The van der Waals surface area contributed by atoms with E-state index in [9.17, 15) is 0 Å². The molecule has 0 aliphatic carbocycles. The molecule has 0 atom stereocenters. The molecule has 0 spiro atoms. The summed E-state index contributed by atoms with van der Waals surface area (Å²) in [5.74, 6) is 0. The van der Waals surface area contributed by atoms with E-state index in [1.165, 1.54) is 4.88 Å². The molecule has 0 aliphatic heterocycles. The van der Waals surface area contributed by atoms with Crippen LogP contribution in [0.1, 0.15) is 4.88 Å². The van der Waals surface area contributed by atoms with Crippen molar-refractivity contribution >= 4 is 49.5 Å². The van der Waals surface area contributed by atoms with E-state index in [0.717, 1.165) is 32.6 Å². The van der Waals surface area contributed by atoms with Gasteiger partial charge in [-0.3, -0.25) is 4.98 Å². The van der Waals surface area contributed by atoms with E-state index in [-0.39, 0.29) is 0 Å². The summed E-state index contributed by atoms with van der Waals surface area (Å²) in [6.07, 6.45) is 1.79. The second-order valence-corrected chi connectivity index (χ2v) is 6.71. The first-order chi connectivity index (χ1) is 9.24. The predicted octanol–water partition coefficient (Wildman–Crippen LogP) is 4.25. The molecular weight excluding hydrogens is 322 g/mol. The summed E-state index contributed by atoms with van der Waals surface area (Å²) in [5.41, 5.74) is 8.64. The lowest BCUT2D eigenvalue weighted by molar-refractivity contribution is 1.19. The third kappa shape index (κ3) is 2.57. The monoisotopic (exact) mass is 333 g/mol. The van der Waals surface area contributed by atoms with Crippen LogP contribution in [0.25, 0.3) is 10.9 Å². The van der Waals surface area contributed by atoms with Crippen molar-refractivity contribution in [2.75, 3.05) is 11.1 Å². The molecule has 0 unspecified atom stereocenters.